The van der Waals surface area contributed by atoms with E-state index in [1.807, 2.05) is 0 Å². The number of aliphatic hydroxyl groups excluding tert-OH is 5. The van der Waals surface area contributed by atoms with Crippen LogP contribution in [0.3, 0.4) is 0 Å². The van der Waals surface area contributed by atoms with Crippen LogP contribution in [-0.2, 0) is 24.7 Å². The molecule has 12 N–H and O–H groups in total. The van der Waals surface area contributed by atoms with Gasteiger partial charge in [-0.05, 0) is 13.3 Å². The molecule has 1 saturated carbocycles. The number of amidine groups is 1. The Labute approximate surface area is 176 Å². The molecule has 16 nitrogen and oxygen atoms in total. The summed E-state index contributed by atoms with van der Waals surface area (Å²) in [5.74, 6) is -1.96. The van der Waals surface area contributed by atoms with E-state index in [-0.39, 0.29) is 6.42 Å². The van der Waals surface area contributed by atoms with Gasteiger partial charge in [-0.1, -0.05) is 0 Å². The zero-order chi connectivity index (χ0) is 24.3. The summed E-state index contributed by atoms with van der Waals surface area (Å²) in [4.78, 5) is 14.6. The zero-order valence-corrected chi connectivity index (χ0v) is 16.9. The smallest absolute Gasteiger partial charge is 0.394 e. The van der Waals surface area contributed by atoms with Crippen molar-refractivity contribution < 1.29 is 62.4 Å². The number of hydrogen-bond donors (Lipinski definition) is 10. The van der Waals surface area contributed by atoms with Crippen molar-refractivity contribution in [3.63, 3.8) is 0 Å². The number of carboxylic acids is 1. The molecule has 0 amide bonds. The molecule has 17 heteroatoms. The maximum absolute atomic E-state index is 10.8. The molecule has 182 valence electrons. The summed E-state index contributed by atoms with van der Waals surface area (Å²) in [6.07, 6.45) is -11.7. The second-order valence-corrected chi connectivity index (χ2v) is 7.89. The van der Waals surface area contributed by atoms with E-state index in [2.05, 4.69) is 4.99 Å². The number of ether oxygens (including phenoxy) is 2. The molecule has 2 rings (SSSR count). The Bertz CT molecular complexity index is 726. The van der Waals surface area contributed by atoms with Crippen molar-refractivity contribution in [1.82, 2.24) is 0 Å². The van der Waals surface area contributed by atoms with Gasteiger partial charge in [0.1, 0.15) is 36.6 Å². The number of carbonyl (C=O) groups is 1. The van der Waals surface area contributed by atoms with Gasteiger partial charge in [-0.3, -0.25) is 14.1 Å². The molecular formula is C14H27N3O13S. The van der Waals surface area contributed by atoms with E-state index in [0.717, 1.165) is 0 Å². The molecule has 1 aliphatic heterocycles. The molecule has 1 saturated heterocycles. The highest BCUT2D eigenvalue weighted by atomic mass is 32.3. The molecule has 0 aromatic carbocycles. The first-order chi connectivity index (χ1) is 14.0. The van der Waals surface area contributed by atoms with E-state index in [1.165, 1.54) is 0 Å². The normalized spacial score (nSPS) is 41.8. The Balaban J connectivity index is 0.000000861. The fourth-order valence-electron chi connectivity index (χ4n) is 3.02. The summed E-state index contributed by atoms with van der Waals surface area (Å²) >= 11 is 0. The topological polar surface area (TPSA) is 296 Å². The van der Waals surface area contributed by atoms with E-state index in [0.29, 0.717) is 0 Å². The van der Waals surface area contributed by atoms with Gasteiger partial charge < -0.3 is 51.6 Å². The fraction of sp³-hybridized carbons (Fsp3) is 0.857. The van der Waals surface area contributed by atoms with Crippen molar-refractivity contribution in [3.05, 3.63) is 0 Å². The first-order valence-electron chi connectivity index (χ1n) is 8.77. The molecule has 10 atom stereocenters. The minimum Gasteiger partial charge on any atom is -0.475 e. The summed E-state index contributed by atoms with van der Waals surface area (Å²) in [6.45, 7) is 1.59. The SMILES string of the molecule is C[C@H]1O[C@H](OC2[C@@H](O)[C@@H](O)C(O)[C@H](O)[C@H]2O)[C@@H](N)C[C@@H]1N=C(N)C(=O)O.O=S(=O)(O)O. The third-order valence-electron chi connectivity index (χ3n) is 4.64. The third kappa shape index (κ3) is 7.84. The van der Waals surface area contributed by atoms with Crippen molar-refractivity contribution >= 4 is 22.2 Å². The third-order valence-corrected chi connectivity index (χ3v) is 4.64. The van der Waals surface area contributed by atoms with Gasteiger partial charge in [-0.25, -0.2) is 4.79 Å². The van der Waals surface area contributed by atoms with E-state index in [9.17, 15) is 30.3 Å². The van der Waals surface area contributed by atoms with Crippen LogP contribution in [0, 0.1) is 0 Å². The molecule has 0 spiro atoms. The van der Waals surface area contributed by atoms with Crippen molar-refractivity contribution in [2.75, 3.05) is 0 Å². The van der Waals surface area contributed by atoms with Gasteiger partial charge >= 0.3 is 16.4 Å². The Morgan fingerprint density at radius 2 is 1.45 bits per heavy atom. The minimum absolute atomic E-state index is 0.145. The van der Waals surface area contributed by atoms with Crippen LogP contribution in [0.25, 0.3) is 0 Å². The molecule has 2 fully saturated rings. The minimum atomic E-state index is -4.67. The van der Waals surface area contributed by atoms with E-state index in [1.54, 1.807) is 6.92 Å². The fourth-order valence-corrected chi connectivity index (χ4v) is 3.02. The summed E-state index contributed by atoms with van der Waals surface area (Å²) in [5, 5.41) is 57.8. The Hall–Kier alpha value is -1.51. The molecule has 31 heavy (non-hydrogen) atoms. The van der Waals surface area contributed by atoms with Crippen LogP contribution >= 0.6 is 0 Å². The van der Waals surface area contributed by atoms with Crippen molar-refractivity contribution in [1.29, 1.82) is 0 Å². The molecule has 1 heterocycles. The number of aliphatic imine (C=N–C) groups is 1. The lowest BCUT2D eigenvalue weighted by molar-refractivity contribution is -0.293. The molecule has 2 unspecified atom stereocenters. The van der Waals surface area contributed by atoms with Gasteiger partial charge in [0.25, 0.3) is 0 Å². The quantitative estimate of drug-likeness (QED) is 0.103. The number of carboxylic acid groups (broad SMARTS) is 1. The Morgan fingerprint density at radius 1 is 1.03 bits per heavy atom. The maximum Gasteiger partial charge on any atom is 0.394 e. The first-order valence-corrected chi connectivity index (χ1v) is 10.2. The van der Waals surface area contributed by atoms with E-state index < -0.39 is 83.3 Å². The predicted molar refractivity (Wildman–Crippen MR) is 99.1 cm³/mol. The van der Waals surface area contributed by atoms with Crippen LogP contribution in [0.15, 0.2) is 4.99 Å². The van der Waals surface area contributed by atoms with Gasteiger partial charge in [0, 0.05) is 0 Å². The van der Waals surface area contributed by atoms with Gasteiger partial charge in [0.15, 0.2) is 6.29 Å². The largest absolute Gasteiger partial charge is 0.475 e. The van der Waals surface area contributed by atoms with Gasteiger partial charge in [-0.15, -0.1) is 0 Å². The first kappa shape index (κ1) is 27.5. The van der Waals surface area contributed by atoms with Crippen LogP contribution in [0.2, 0.25) is 0 Å². The van der Waals surface area contributed by atoms with Gasteiger partial charge in [0.05, 0.1) is 18.2 Å². The van der Waals surface area contributed by atoms with Gasteiger partial charge in [-0.2, -0.15) is 8.42 Å². The average molecular weight is 477 g/mol. The summed E-state index contributed by atoms with van der Waals surface area (Å²) in [5.41, 5.74) is 11.2. The Kier molecular flexibility index (Phi) is 9.66. The molecule has 2 aliphatic rings. The number of aliphatic carboxylic acids is 1. The van der Waals surface area contributed by atoms with Crippen LogP contribution in [0.1, 0.15) is 13.3 Å². The highest BCUT2D eigenvalue weighted by molar-refractivity contribution is 7.79. The second kappa shape index (κ2) is 10.9. The maximum atomic E-state index is 10.8. The lowest BCUT2D eigenvalue weighted by Gasteiger charge is -2.45. The lowest BCUT2D eigenvalue weighted by Crippen LogP contribution is -2.66. The zero-order valence-electron chi connectivity index (χ0n) is 16.1. The number of aliphatic hydroxyl groups is 5. The van der Waals surface area contributed by atoms with Crippen LogP contribution < -0.4 is 11.5 Å². The van der Waals surface area contributed by atoms with Crippen LogP contribution in [0.5, 0.6) is 0 Å². The van der Waals surface area contributed by atoms with Crippen molar-refractivity contribution in [2.45, 2.75) is 74.4 Å². The highest BCUT2D eigenvalue weighted by Gasteiger charge is 2.50. The number of nitrogens with zero attached hydrogens (tertiary/aromatic N) is 1. The molecule has 1 aliphatic carbocycles. The Morgan fingerprint density at radius 3 is 1.87 bits per heavy atom. The lowest BCUT2D eigenvalue weighted by atomic mass is 9.84. The summed E-state index contributed by atoms with van der Waals surface area (Å²) in [7, 11) is -4.67. The summed E-state index contributed by atoms with van der Waals surface area (Å²) in [6, 6.07) is -1.46. The second-order valence-electron chi connectivity index (χ2n) is 7.00. The number of hydrogen-bond acceptors (Lipinski definition) is 12. The highest BCUT2D eigenvalue weighted by Crippen LogP contribution is 2.29. The molecule has 0 radical (unpaired) electrons. The van der Waals surface area contributed by atoms with Crippen LogP contribution in [0.4, 0.5) is 0 Å². The monoisotopic (exact) mass is 477 g/mol. The number of nitrogens with two attached hydrogens (primary N) is 2. The molecule has 0 bridgehead atoms. The standard InChI is InChI=1S/C14H25N3O9.H2O4S/c1-3-5(17-12(16)13(23)24)2-4(15)14(25-3)26-11-9(21)7(19)6(18)8(20)10(11)22;1-5(2,3)4/h3-11,14,18-22H,2,15H2,1H3,(H2,16,17)(H,23,24);(H2,1,2,3,4)/t3-,4+,5+,6?,7+,8+,9-,10+,11?,14-;/m1./s1. The molecular weight excluding hydrogens is 450 g/mol. The molecule has 0 aromatic rings. The molecule has 0 aromatic heterocycles. The van der Waals surface area contributed by atoms with Gasteiger partial charge in [0.2, 0.25) is 5.84 Å². The average Bonchev–Trinajstić information content (AvgIpc) is 2.64. The van der Waals surface area contributed by atoms with Crippen molar-refractivity contribution in [3.8, 4) is 0 Å². The summed E-state index contributed by atoms with van der Waals surface area (Å²) < 4.78 is 42.6. The van der Waals surface area contributed by atoms with Crippen molar-refractivity contribution in [2.24, 2.45) is 16.5 Å². The van der Waals surface area contributed by atoms with E-state index >= 15 is 0 Å². The number of rotatable bonds is 3. The predicted octanol–water partition coefficient (Wildman–Crippen LogP) is -5.19. The van der Waals surface area contributed by atoms with Crippen LogP contribution in [-0.4, -0.2) is 121 Å². The van der Waals surface area contributed by atoms with E-state index in [4.69, 9.17) is 43.6 Å².